The molecule has 1 N–H and O–H groups in total. The van der Waals surface area contributed by atoms with Crippen molar-refractivity contribution in [3.8, 4) is 0 Å². The highest BCUT2D eigenvalue weighted by Gasteiger charge is 2.84. The Morgan fingerprint density at radius 2 is 1.85 bits per heavy atom. The zero-order chi connectivity index (χ0) is 28.7. The number of hydrogen-bond donors (Lipinski definition) is 1. The Hall–Kier alpha value is -3.00. The monoisotopic (exact) mass is 548 g/mol. The van der Waals surface area contributed by atoms with E-state index >= 15 is 0 Å². The molecule has 2 heterocycles. The molecule has 40 heavy (non-hydrogen) atoms. The average molecular weight is 549 g/mol. The number of allylic oxidation sites excluding steroid dienone is 2. The number of ether oxygens (including phenoxy) is 3. The molecular formula is C32H36O8. The van der Waals surface area contributed by atoms with Crippen LogP contribution < -0.4 is 0 Å². The molecule has 212 valence electrons. The van der Waals surface area contributed by atoms with Crippen molar-refractivity contribution in [3.63, 3.8) is 0 Å². The van der Waals surface area contributed by atoms with Gasteiger partial charge >= 0.3 is 17.9 Å². The van der Waals surface area contributed by atoms with Crippen LogP contribution >= 0.6 is 0 Å². The Labute approximate surface area is 233 Å². The predicted molar refractivity (Wildman–Crippen MR) is 141 cm³/mol. The predicted octanol–water partition coefficient (Wildman–Crippen LogP) is 3.54. The van der Waals surface area contributed by atoms with Crippen LogP contribution in [-0.2, 0) is 33.4 Å². The molecule has 7 rings (SSSR count). The van der Waals surface area contributed by atoms with E-state index in [1.54, 1.807) is 6.08 Å². The van der Waals surface area contributed by atoms with Crippen LogP contribution in [0.15, 0.2) is 47.1 Å². The zero-order valence-electron chi connectivity index (χ0n) is 23.6. The lowest BCUT2D eigenvalue weighted by atomic mass is 9.54. The van der Waals surface area contributed by atoms with E-state index in [-0.39, 0.29) is 18.1 Å². The molecule has 0 amide bonds. The minimum Gasteiger partial charge on any atom is -0.462 e. The van der Waals surface area contributed by atoms with Crippen LogP contribution in [0.5, 0.6) is 0 Å². The normalized spacial score (nSPS) is 50.1. The van der Waals surface area contributed by atoms with Gasteiger partial charge in [-0.3, -0.25) is 14.4 Å². The Morgan fingerprint density at radius 3 is 2.55 bits per heavy atom. The van der Waals surface area contributed by atoms with Crippen LogP contribution in [0.25, 0.3) is 0 Å². The average Bonchev–Trinajstić information content (AvgIpc) is 3.53. The van der Waals surface area contributed by atoms with Crippen molar-refractivity contribution in [2.24, 2.45) is 39.9 Å². The summed E-state index contributed by atoms with van der Waals surface area (Å²) >= 11 is 0. The smallest absolute Gasteiger partial charge is 0.334 e. The van der Waals surface area contributed by atoms with Gasteiger partial charge in [-0.15, -0.1) is 0 Å². The third-order valence-electron chi connectivity index (χ3n) is 12.1. The maximum Gasteiger partial charge on any atom is 0.334 e. The molecule has 11 atom stereocenters. The molecule has 5 aliphatic carbocycles. The van der Waals surface area contributed by atoms with Crippen molar-refractivity contribution < 1.29 is 38.5 Å². The highest BCUT2D eigenvalue weighted by Crippen LogP contribution is 2.80. The first kappa shape index (κ1) is 25.9. The molecule has 0 aromatic rings. The van der Waals surface area contributed by atoms with Crippen LogP contribution in [0.1, 0.15) is 60.3 Å². The van der Waals surface area contributed by atoms with Gasteiger partial charge in [0.15, 0.2) is 5.78 Å². The van der Waals surface area contributed by atoms with E-state index in [4.69, 9.17) is 14.2 Å². The zero-order valence-corrected chi connectivity index (χ0v) is 23.6. The second-order valence-corrected chi connectivity index (χ2v) is 13.8. The molecule has 2 saturated carbocycles. The van der Waals surface area contributed by atoms with E-state index in [0.29, 0.717) is 30.4 Å². The summed E-state index contributed by atoms with van der Waals surface area (Å²) in [7, 11) is 0. The molecule has 2 bridgehead atoms. The topological polar surface area (TPSA) is 116 Å². The van der Waals surface area contributed by atoms with Crippen LogP contribution in [0, 0.1) is 39.9 Å². The molecule has 2 saturated heterocycles. The molecule has 1 spiro atoms. The second kappa shape index (κ2) is 7.64. The lowest BCUT2D eigenvalue weighted by molar-refractivity contribution is -0.160. The van der Waals surface area contributed by atoms with Gasteiger partial charge in [0.25, 0.3) is 0 Å². The molecule has 8 nitrogen and oxygen atoms in total. The number of fused-ring (bicyclic) bond motifs is 6. The fraction of sp³-hybridized carbons (Fsp3) is 0.625. The largest absolute Gasteiger partial charge is 0.462 e. The van der Waals surface area contributed by atoms with E-state index in [9.17, 15) is 24.3 Å². The summed E-state index contributed by atoms with van der Waals surface area (Å²) in [6, 6.07) is 0. The van der Waals surface area contributed by atoms with Gasteiger partial charge < -0.3 is 19.3 Å². The van der Waals surface area contributed by atoms with Gasteiger partial charge in [-0.2, -0.15) is 0 Å². The highest BCUT2D eigenvalue weighted by atomic mass is 16.6. The summed E-state index contributed by atoms with van der Waals surface area (Å²) < 4.78 is 18.4. The first-order chi connectivity index (χ1) is 18.7. The molecule has 8 heteroatoms. The Kier molecular flexibility index (Phi) is 4.95. The Bertz CT molecular complexity index is 1410. The number of aliphatic hydroxyl groups is 1. The first-order valence-corrected chi connectivity index (χ1v) is 14.3. The fourth-order valence-corrected chi connectivity index (χ4v) is 10.4. The van der Waals surface area contributed by atoms with Gasteiger partial charge in [0.2, 0.25) is 0 Å². The quantitative estimate of drug-likeness (QED) is 0.229. The number of carbonyl (C=O) groups is 4. The molecule has 0 aromatic carbocycles. The number of esters is 3. The number of carbonyl (C=O) groups excluding carboxylic acids is 4. The van der Waals surface area contributed by atoms with Crippen molar-refractivity contribution in [2.75, 3.05) is 0 Å². The van der Waals surface area contributed by atoms with Crippen LogP contribution in [0.3, 0.4) is 0 Å². The molecule has 2 aliphatic heterocycles. The van der Waals surface area contributed by atoms with Crippen LogP contribution in [0.4, 0.5) is 0 Å². The standard InChI is InChI=1S/C32H36O8/c1-14-11-19(34)21-15(2)12-20(38-17(4)33)23-25(22(14)21)40-28(36)32(23)13-31-10-9-29(32,5)26(31)24-18(7-8-30(31,6)37)16(3)27(35)39-24/h9-11,18,20,22-26,37H,3,7-8,12-13H2,1-2,4-6H3/t18-,20-,22-,23+,24-,25+,26-,29+,30+,31?,32?/m0/s1. The number of ketones is 1. The van der Waals surface area contributed by atoms with Crippen molar-refractivity contribution in [1.82, 2.24) is 0 Å². The van der Waals surface area contributed by atoms with Crippen LogP contribution in [0.2, 0.25) is 0 Å². The summed E-state index contributed by atoms with van der Waals surface area (Å²) in [5.41, 5.74) is -1.46. The van der Waals surface area contributed by atoms with Crippen molar-refractivity contribution in [3.05, 3.63) is 47.1 Å². The van der Waals surface area contributed by atoms with Gasteiger partial charge in [-0.1, -0.05) is 36.8 Å². The fourth-order valence-electron chi connectivity index (χ4n) is 10.4. The highest BCUT2D eigenvalue weighted by molar-refractivity contribution is 6.09. The summed E-state index contributed by atoms with van der Waals surface area (Å²) in [6.45, 7) is 13.0. The summed E-state index contributed by atoms with van der Waals surface area (Å²) in [6.07, 6.45) is 5.27. The van der Waals surface area contributed by atoms with E-state index in [0.717, 1.165) is 11.1 Å². The summed E-state index contributed by atoms with van der Waals surface area (Å²) in [5, 5.41) is 12.2. The van der Waals surface area contributed by atoms with E-state index in [1.165, 1.54) is 6.92 Å². The van der Waals surface area contributed by atoms with Gasteiger partial charge in [0.05, 0.1) is 16.9 Å². The Morgan fingerprint density at radius 1 is 1.12 bits per heavy atom. The van der Waals surface area contributed by atoms with Gasteiger partial charge in [0, 0.05) is 53.1 Å². The third-order valence-corrected chi connectivity index (χ3v) is 12.1. The Balaban J connectivity index is 1.45. The molecule has 2 unspecified atom stereocenters. The van der Waals surface area contributed by atoms with Crippen molar-refractivity contribution in [1.29, 1.82) is 0 Å². The van der Waals surface area contributed by atoms with E-state index in [2.05, 4.69) is 6.58 Å². The molecule has 0 aromatic heterocycles. The molecular weight excluding hydrogens is 512 g/mol. The van der Waals surface area contributed by atoms with E-state index < -0.39 is 75.8 Å². The SMILES string of the molecule is C=C1C(=O)O[C@@H]2[C@@H]3C4(C=C[C@@]3(C)C3(C4)C(=O)O[C@@H]4[C@H]5C(C)=CC(=O)C5=C(C)C[C@H](OC(C)=O)[C@H]43)[C@](C)(O)CC[C@@H]12. The van der Waals surface area contributed by atoms with Crippen LogP contribution in [-0.4, -0.2) is 52.7 Å². The van der Waals surface area contributed by atoms with Gasteiger partial charge in [-0.05, 0) is 46.1 Å². The summed E-state index contributed by atoms with van der Waals surface area (Å²) in [4.78, 5) is 52.9. The number of hydrogen-bond acceptors (Lipinski definition) is 8. The molecule has 0 radical (unpaired) electrons. The lowest BCUT2D eigenvalue weighted by Gasteiger charge is -2.46. The lowest BCUT2D eigenvalue weighted by Crippen LogP contribution is -2.53. The minimum atomic E-state index is -1.20. The maximum atomic E-state index is 14.5. The van der Waals surface area contributed by atoms with Crippen molar-refractivity contribution >= 4 is 23.7 Å². The first-order valence-electron chi connectivity index (χ1n) is 14.3. The third kappa shape index (κ3) is 2.72. The molecule has 7 aliphatic rings. The van der Waals surface area contributed by atoms with E-state index in [1.807, 2.05) is 39.8 Å². The number of rotatable bonds is 1. The van der Waals surface area contributed by atoms with Gasteiger partial charge in [-0.25, -0.2) is 4.79 Å². The minimum absolute atomic E-state index is 0.0934. The summed E-state index contributed by atoms with van der Waals surface area (Å²) in [5.74, 6) is -3.06. The maximum absolute atomic E-state index is 14.5. The molecule has 4 fully saturated rings. The van der Waals surface area contributed by atoms with Gasteiger partial charge in [0.1, 0.15) is 18.3 Å². The van der Waals surface area contributed by atoms with Crippen molar-refractivity contribution in [2.45, 2.75) is 84.2 Å². The second-order valence-electron chi connectivity index (χ2n) is 13.8.